The van der Waals surface area contributed by atoms with E-state index in [1.165, 1.54) is 0 Å². The van der Waals surface area contributed by atoms with Crippen molar-refractivity contribution in [2.24, 2.45) is 0 Å². The van der Waals surface area contributed by atoms with E-state index in [1.807, 2.05) is 0 Å². The van der Waals surface area contributed by atoms with E-state index in [4.69, 9.17) is 55.4 Å². The van der Waals surface area contributed by atoms with Crippen LogP contribution < -0.4 is 0 Å². The topological polar surface area (TPSA) is 0 Å². The molecular weight excluding hydrogens is 293 g/mol. The minimum absolute atomic E-state index is 0.580. The van der Waals surface area contributed by atoms with E-state index in [1.54, 1.807) is 0 Å². The van der Waals surface area contributed by atoms with Gasteiger partial charge in [0.2, 0.25) is 0 Å². The summed E-state index contributed by atoms with van der Waals surface area (Å²) < 4.78 is 0. The molecule has 0 saturated carbocycles. The van der Waals surface area contributed by atoms with Gasteiger partial charge in [-0.1, -0.05) is 13.3 Å². The molecule has 0 amide bonds. The first-order chi connectivity index (χ1) is 5.27. The molecule has 0 aliphatic heterocycles. The minimum atomic E-state index is -2.51. The van der Waals surface area contributed by atoms with Crippen LogP contribution in [0.5, 0.6) is 0 Å². The zero-order chi connectivity index (χ0) is 9.83. The summed E-state index contributed by atoms with van der Waals surface area (Å²) in [5.41, 5.74) is 0. The zero-order valence-electron chi connectivity index (χ0n) is 6.72. The highest BCUT2D eigenvalue weighted by Crippen LogP contribution is 2.35. The monoisotopic (exact) mass is 302 g/mol. The summed E-state index contributed by atoms with van der Waals surface area (Å²) in [4.78, 5) is 0. The highest BCUT2D eigenvalue weighted by Gasteiger charge is 2.33. The van der Waals surface area contributed by atoms with Crippen LogP contribution in [0.25, 0.3) is 0 Å². The largest absolute Gasteiger partial charge is 0.341 e. The third-order valence-corrected chi connectivity index (χ3v) is 8.89. The molecule has 0 saturated heterocycles. The van der Waals surface area contributed by atoms with E-state index in [9.17, 15) is 0 Å². The van der Waals surface area contributed by atoms with Gasteiger partial charge in [0.15, 0.2) is 0 Å². The summed E-state index contributed by atoms with van der Waals surface area (Å²) in [6.07, 6.45) is 1.00. The van der Waals surface area contributed by atoms with Gasteiger partial charge in [0, 0.05) is 0 Å². The van der Waals surface area contributed by atoms with E-state index in [2.05, 4.69) is 6.92 Å². The molecule has 0 N–H and O–H groups in total. The molecule has 0 rings (SSSR count). The lowest BCUT2D eigenvalue weighted by Crippen LogP contribution is -2.22. The van der Waals surface area contributed by atoms with Crippen molar-refractivity contribution in [1.29, 1.82) is 0 Å². The fraction of sp³-hybridized carbons (Fsp3) is 1.00. The molecule has 0 unspecified atom stereocenters. The molecule has 0 nitrogen and oxygen atoms in total. The third-order valence-electron chi connectivity index (χ3n) is 1.39. The predicted molar refractivity (Wildman–Crippen MR) is 65.5 cm³/mol. The molecule has 74 valence electrons. The summed E-state index contributed by atoms with van der Waals surface area (Å²) >= 11 is 29.3. The molecule has 0 aromatic rings. The van der Waals surface area contributed by atoms with Crippen LogP contribution in [-0.2, 0) is 0 Å². The maximum atomic E-state index is 6.09. The van der Waals surface area contributed by atoms with Crippen LogP contribution in [0.15, 0.2) is 0 Å². The standard InChI is InChI=1S/C5H11Cl5Si2/c1-2-3-11(6,7)4-5-12(8,9)10/h2-5H2,1H3. The molecule has 0 spiro atoms. The Balaban J connectivity index is 3.75. The lowest BCUT2D eigenvalue weighted by atomic mass is 10.6. The Kier molecular flexibility index (Phi) is 6.58. The molecule has 0 bridgehead atoms. The van der Waals surface area contributed by atoms with Gasteiger partial charge < -0.3 is 0 Å². The van der Waals surface area contributed by atoms with Crippen LogP contribution in [0.2, 0.25) is 18.1 Å². The summed E-state index contributed by atoms with van der Waals surface area (Å²) in [7, 11) is 0. The summed E-state index contributed by atoms with van der Waals surface area (Å²) in [5.74, 6) is 0. The van der Waals surface area contributed by atoms with Crippen molar-refractivity contribution in [2.75, 3.05) is 0 Å². The van der Waals surface area contributed by atoms with Crippen LogP contribution >= 0.6 is 55.4 Å². The van der Waals surface area contributed by atoms with Gasteiger partial charge in [-0.25, -0.2) is 0 Å². The van der Waals surface area contributed by atoms with Crippen LogP contribution in [0, 0.1) is 0 Å². The molecule has 0 heterocycles. The fourth-order valence-electron chi connectivity index (χ4n) is 0.815. The summed E-state index contributed by atoms with van der Waals surface area (Å²) in [6.45, 7) is -0.0324. The molecular formula is C5H11Cl5Si2. The van der Waals surface area contributed by atoms with E-state index in [0.29, 0.717) is 12.1 Å². The third kappa shape index (κ3) is 8.48. The second kappa shape index (κ2) is 5.69. The lowest BCUT2D eigenvalue weighted by Gasteiger charge is -2.17. The van der Waals surface area contributed by atoms with E-state index < -0.39 is 12.7 Å². The van der Waals surface area contributed by atoms with Crippen molar-refractivity contribution in [3.63, 3.8) is 0 Å². The molecule has 0 atom stereocenters. The predicted octanol–water partition coefficient (Wildman–Crippen LogP) is 4.97. The van der Waals surface area contributed by atoms with Gasteiger partial charge in [0.25, 0.3) is 6.69 Å². The second-order valence-corrected chi connectivity index (χ2v) is 19.6. The first-order valence-electron chi connectivity index (χ1n) is 3.71. The SMILES string of the molecule is CCC[Si](Cl)(Cl)CC[Si](Cl)(Cl)Cl. The highest BCUT2D eigenvalue weighted by atomic mass is 35.8. The molecule has 0 fully saturated rings. The first kappa shape index (κ1) is 13.9. The maximum Gasteiger partial charge on any atom is 0.341 e. The molecule has 7 heteroatoms. The van der Waals surface area contributed by atoms with E-state index >= 15 is 0 Å². The van der Waals surface area contributed by atoms with Gasteiger partial charge >= 0.3 is 6.00 Å². The quantitative estimate of drug-likeness (QED) is 0.497. The molecule has 0 aromatic heterocycles. The van der Waals surface area contributed by atoms with Crippen molar-refractivity contribution >= 4 is 68.1 Å². The molecule has 0 radical (unpaired) electrons. The Morgan fingerprint density at radius 2 is 1.33 bits per heavy atom. The van der Waals surface area contributed by atoms with Gasteiger partial charge in [-0.2, -0.15) is 0 Å². The van der Waals surface area contributed by atoms with Gasteiger partial charge in [0.05, 0.1) is 0 Å². The number of hydrogen-bond donors (Lipinski definition) is 0. The molecule has 0 aliphatic rings. The Labute approximate surface area is 99.0 Å². The number of hydrogen-bond acceptors (Lipinski definition) is 0. The van der Waals surface area contributed by atoms with Gasteiger partial charge in [-0.3, -0.25) is 0 Å². The smallest absolute Gasteiger partial charge is 0.146 e. The van der Waals surface area contributed by atoms with Crippen LogP contribution in [-0.4, -0.2) is 12.7 Å². The average Bonchev–Trinajstić information content (AvgIpc) is 1.83. The second-order valence-electron chi connectivity index (χ2n) is 2.72. The average molecular weight is 305 g/mol. The molecule has 12 heavy (non-hydrogen) atoms. The van der Waals surface area contributed by atoms with Crippen molar-refractivity contribution in [3.05, 3.63) is 0 Å². The maximum absolute atomic E-state index is 6.09. The Hall–Kier alpha value is 1.88. The van der Waals surface area contributed by atoms with E-state index in [-0.39, 0.29) is 0 Å². The van der Waals surface area contributed by atoms with Crippen LogP contribution in [0.4, 0.5) is 0 Å². The van der Waals surface area contributed by atoms with Gasteiger partial charge in [-0.15, -0.1) is 55.4 Å². The van der Waals surface area contributed by atoms with E-state index in [0.717, 1.165) is 12.5 Å². The Bertz CT molecular complexity index is 132. The van der Waals surface area contributed by atoms with Crippen molar-refractivity contribution in [2.45, 2.75) is 31.5 Å². The summed E-state index contributed by atoms with van der Waals surface area (Å²) in [5, 5.41) is 0. The molecule has 0 aromatic carbocycles. The van der Waals surface area contributed by atoms with Gasteiger partial charge in [-0.05, 0) is 18.1 Å². The van der Waals surface area contributed by atoms with Gasteiger partial charge in [0.1, 0.15) is 0 Å². The minimum Gasteiger partial charge on any atom is -0.146 e. The Morgan fingerprint density at radius 1 is 0.833 bits per heavy atom. The van der Waals surface area contributed by atoms with Crippen molar-refractivity contribution < 1.29 is 0 Å². The zero-order valence-corrected chi connectivity index (χ0v) is 12.5. The van der Waals surface area contributed by atoms with Crippen molar-refractivity contribution in [1.82, 2.24) is 0 Å². The lowest BCUT2D eigenvalue weighted by molar-refractivity contribution is 1.06. The Morgan fingerprint density at radius 3 is 1.67 bits per heavy atom. The van der Waals surface area contributed by atoms with Crippen molar-refractivity contribution in [3.8, 4) is 0 Å². The van der Waals surface area contributed by atoms with Crippen LogP contribution in [0.1, 0.15) is 13.3 Å². The highest BCUT2D eigenvalue weighted by molar-refractivity contribution is 7.65. The molecule has 0 aliphatic carbocycles. The first-order valence-corrected chi connectivity index (χ1v) is 13.4. The van der Waals surface area contributed by atoms with Crippen LogP contribution in [0.3, 0.4) is 0 Å². The fourth-order valence-corrected chi connectivity index (χ4v) is 9.78. The normalized spacial score (nSPS) is 13.5. The number of halogens is 5. The number of rotatable bonds is 5. The summed E-state index contributed by atoms with van der Waals surface area (Å²) in [6, 6.07) is -0.352.